The molecule has 0 aliphatic rings. The molecule has 4 heteroatoms. The molecule has 1 aromatic carbocycles. The van der Waals surface area contributed by atoms with Gasteiger partial charge in [0.1, 0.15) is 4.34 Å². The van der Waals surface area contributed by atoms with Crippen LogP contribution in [0.1, 0.15) is 5.56 Å². The molecule has 0 aliphatic heterocycles. The van der Waals surface area contributed by atoms with Gasteiger partial charge in [-0.3, -0.25) is 8.75 Å². The molecule has 0 radical (unpaired) electrons. The van der Waals surface area contributed by atoms with Crippen molar-refractivity contribution in [2.75, 3.05) is 0 Å². The van der Waals surface area contributed by atoms with Gasteiger partial charge in [0.2, 0.25) is 0 Å². The van der Waals surface area contributed by atoms with E-state index in [1.807, 2.05) is 30.3 Å². The topological polar surface area (TPSA) is 22.0 Å². The van der Waals surface area contributed by atoms with Crippen LogP contribution in [0.15, 0.2) is 41.2 Å². The van der Waals surface area contributed by atoms with Gasteiger partial charge in [-0.25, -0.2) is 0 Å². The van der Waals surface area contributed by atoms with E-state index >= 15 is 0 Å². The van der Waals surface area contributed by atoms with E-state index in [-0.39, 0.29) is 5.56 Å². The maximum Gasteiger partial charge on any atom is 0.262 e. The van der Waals surface area contributed by atoms with E-state index in [0.717, 1.165) is 5.56 Å². The Hall–Kier alpha value is -1.06. The summed E-state index contributed by atoms with van der Waals surface area (Å²) < 4.78 is 2.17. The average Bonchev–Trinajstić information content (AvgIpc) is 2.47. The Bertz CT molecular complexity index is 474. The lowest BCUT2D eigenvalue weighted by Gasteiger charge is -1.99. The first-order chi connectivity index (χ1) is 6.75. The maximum atomic E-state index is 11.3. The molecule has 0 amide bonds. The Morgan fingerprint density at radius 3 is 2.57 bits per heavy atom. The van der Waals surface area contributed by atoms with Gasteiger partial charge in [0.05, 0.1) is 6.54 Å². The van der Waals surface area contributed by atoms with Gasteiger partial charge in [0.25, 0.3) is 5.56 Å². The van der Waals surface area contributed by atoms with E-state index in [2.05, 4.69) is 0 Å². The quantitative estimate of drug-likeness (QED) is 0.770. The number of aromatic nitrogens is 1. The van der Waals surface area contributed by atoms with E-state index in [1.54, 1.807) is 3.96 Å². The second kappa shape index (κ2) is 3.98. The Morgan fingerprint density at radius 2 is 2.00 bits per heavy atom. The van der Waals surface area contributed by atoms with Gasteiger partial charge in [-0.2, -0.15) is 0 Å². The van der Waals surface area contributed by atoms with Gasteiger partial charge in [0.15, 0.2) is 0 Å². The molecular formula is C10H8ClNOS. The van der Waals surface area contributed by atoms with Gasteiger partial charge in [-0.05, 0) is 17.1 Å². The monoisotopic (exact) mass is 225 g/mol. The van der Waals surface area contributed by atoms with Crippen LogP contribution in [0.3, 0.4) is 0 Å². The molecule has 2 rings (SSSR count). The highest BCUT2D eigenvalue weighted by atomic mass is 35.5. The molecule has 72 valence electrons. The lowest BCUT2D eigenvalue weighted by atomic mass is 10.2. The van der Waals surface area contributed by atoms with Crippen LogP contribution in [-0.2, 0) is 6.54 Å². The fraction of sp³-hybridized carbons (Fsp3) is 0.100. The predicted octanol–water partition coefficient (Wildman–Crippen LogP) is 2.61. The van der Waals surface area contributed by atoms with Crippen LogP contribution in [0, 0.1) is 0 Å². The number of nitrogens with zero attached hydrogens (tertiary/aromatic N) is 1. The van der Waals surface area contributed by atoms with Crippen LogP contribution < -0.4 is 5.56 Å². The summed E-state index contributed by atoms with van der Waals surface area (Å²) in [7, 11) is 0. The number of rotatable bonds is 2. The zero-order valence-electron chi connectivity index (χ0n) is 7.31. The van der Waals surface area contributed by atoms with E-state index < -0.39 is 0 Å². The summed E-state index contributed by atoms with van der Waals surface area (Å²) >= 11 is 7.01. The van der Waals surface area contributed by atoms with Crippen molar-refractivity contribution >= 4 is 23.1 Å². The molecule has 0 spiro atoms. The molecule has 0 N–H and O–H groups in total. The van der Waals surface area contributed by atoms with Gasteiger partial charge in [0, 0.05) is 6.07 Å². The first kappa shape index (κ1) is 9.49. The van der Waals surface area contributed by atoms with E-state index in [1.165, 1.54) is 17.6 Å². The van der Waals surface area contributed by atoms with Crippen LogP contribution >= 0.6 is 23.1 Å². The molecule has 0 fully saturated rings. The van der Waals surface area contributed by atoms with Gasteiger partial charge < -0.3 is 0 Å². The molecule has 2 nitrogen and oxygen atoms in total. The molecular weight excluding hydrogens is 218 g/mol. The molecule has 2 aromatic rings. The smallest absolute Gasteiger partial charge is 0.262 e. The van der Waals surface area contributed by atoms with Gasteiger partial charge in [-0.15, -0.1) is 0 Å². The second-order valence-corrected chi connectivity index (χ2v) is 4.59. The fourth-order valence-corrected chi connectivity index (χ4v) is 2.27. The summed E-state index contributed by atoms with van der Waals surface area (Å²) in [5.41, 5.74) is 1.07. The minimum Gasteiger partial charge on any atom is -0.268 e. The van der Waals surface area contributed by atoms with Crippen LogP contribution in [-0.4, -0.2) is 3.96 Å². The van der Waals surface area contributed by atoms with E-state index in [0.29, 0.717) is 10.9 Å². The highest BCUT2D eigenvalue weighted by Crippen LogP contribution is 2.13. The Balaban J connectivity index is 2.28. The van der Waals surface area contributed by atoms with Crippen LogP contribution in [0.2, 0.25) is 4.34 Å². The highest BCUT2D eigenvalue weighted by molar-refractivity contribution is 7.11. The summed E-state index contributed by atoms with van der Waals surface area (Å²) in [5.74, 6) is 0. The third kappa shape index (κ3) is 2.05. The summed E-state index contributed by atoms with van der Waals surface area (Å²) in [6.07, 6.45) is 0. The van der Waals surface area contributed by atoms with Crippen molar-refractivity contribution in [2.24, 2.45) is 0 Å². The normalized spacial score (nSPS) is 10.4. The molecule has 0 bridgehead atoms. The summed E-state index contributed by atoms with van der Waals surface area (Å²) in [6, 6.07) is 11.3. The largest absolute Gasteiger partial charge is 0.268 e. The first-order valence-corrected chi connectivity index (χ1v) is 5.31. The third-order valence-corrected chi connectivity index (χ3v) is 2.99. The molecule has 0 saturated heterocycles. The number of hydrogen-bond donors (Lipinski definition) is 0. The summed E-state index contributed by atoms with van der Waals surface area (Å²) in [5, 5.41) is 0. The number of hydrogen-bond acceptors (Lipinski definition) is 2. The minimum atomic E-state index is -0.0381. The van der Waals surface area contributed by atoms with Crippen molar-refractivity contribution in [3.63, 3.8) is 0 Å². The predicted molar refractivity (Wildman–Crippen MR) is 59.1 cm³/mol. The van der Waals surface area contributed by atoms with E-state index in [4.69, 9.17) is 11.6 Å². The lowest BCUT2D eigenvalue weighted by Crippen LogP contribution is -2.12. The minimum absolute atomic E-state index is 0.0381. The standard InChI is InChI=1S/C10H8ClNOS/c11-9-6-10(13)12(14-9)7-8-4-2-1-3-5-8/h1-6H,7H2. The summed E-state index contributed by atoms with van der Waals surface area (Å²) in [6.45, 7) is 0.594. The van der Waals surface area contributed by atoms with Crippen molar-refractivity contribution in [1.82, 2.24) is 3.96 Å². The number of benzene rings is 1. The lowest BCUT2D eigenvalue weighted by molar-refractivity contribution is 0.849. The second-order valence-electron chi connectivity index (χ2n) is 2.90. The Labute approximate surface area is 90.5 Å². The molecule has 1 heterocycles. The van der Waals surface area contributed by atoms with Crippen molar-refractivity contribution in [3.05, 3.63) is 56.7 Å². The third-order valence-electron chi connectivity index (χ3n) is 1.85. The van der Waals surface area contributed by atoms with Crippen LogP contribution in [0.5, 0.6) is 0 Å². The van der Waals surface area contributed by atoms with Crippen molar-refractivity contribution in [2.45, 2.75) is 6.54 Å². The van der Waals surface area contributed by atoms with Crippen molar-refractivity contribution in [1.29, 1.82) is 0 Å². The molecule has 0 saturated carbocycles. The molecule has 0 unspecified atom stereocenters. The SMILES string of the molecule is O=c1cc(Cl)sn1Cc1ccccc1. The maximum absolute atomic E-state index is 11.3. The first-order valence-electron chi connectivity index (χ1n) is 4.16. The summed E-state index contributed by atoms with van der Waals surface area (Å²) in [4.78, 5) is 11.3. The number of halogens is 1. The van der Waals surface area contributed by atoms with Crippen molar-refractivity contribution in [3.8, 4) is 0 Å². The van der Waals surface area contributed by atoms with Gasteiger partial charge in [-0.1, -0.05) is 41.9 Å². The fourth-order valence-electron chi connectivity index (χ4n) is 1.21. The Morgan fingerprint density at radius 1 is 1.29 bits per heavy atom. The highest BCUT2D eigenvalue weighted by Gasteiger charge is 2.01. The molecule has 14 heavy (non-hydrogen) atoms. The molecule has 0 atom stereocenters. The molecule has 0 aliphatic carbocycles. The van der Waals surface area contributed by atoms with Gasteiger partial charge >= 0.3 is 0 Å². The average molecular weight is 226 g/mol. The zero-order valence-corrected chi connectivity index (χ0v) is 8.89. The van der Waals surface area contributed by atoms with Crippen LogP contribution in [0.25, 0.3) is 0 Å². The van der Waals surface area contributed by atoms with E-state index in [9.17, 15) is 4.79 Å². The molecule has 1 aromatic heterocycles. The zero-order chi connectivity index (χ0) is 9.97. The Kier molecular flexibility index (Phi) is 2.70. The van der Waals surface area contributed by atoms with Crippen molar-refractivity contribution < 1.29 is 0 Å². The van der Waals surface area contributed by atoms with Crippen LogP contribution in [0.4, 0.5) is 0 Å².